The van der Waals surface area contributed by atoms with Gasteiger partial charge < -0.3 is 4.74 Å². The summed E-state index contributed by atoms with van der Waals surface area (Å²) in [6.07, 6.45) is 1.81. The van der Waals surface area contributed by atoms with Gasteiger partial charge in [-0.05, 0) is 41.7 Å². The Morgan fingerprint density at radius 1 is 1.41 bits per heavy atom. The van der Waals surface area contributed by atoms with E-state index in [2.05, 4.69) is 24.0 Å². The second-order valence-corrected chi connectivity index (χ2v) is 4.86. The summed E-state index contributed by atoms with van der Waals surface area (Å²) in [5.41, 5.74) is 4.73. The van der Waals surface area contributed by atoms with Gasteiger partial charge in [0.05, 0.1) is 13.2 Å². The van der Waals surface area contributed by atoms with Crippen molar-refractivity contribution in [1.82, 2.24) is 0 Å². The zero-order valence-electron chi connectivity index (χ0n) is 9.95. The van der Waals surface area contributed by atoms with Crippen molar-refractivity contribution < 1.29 is 9.13 Å². The van der Waals surface area contributed by atoms with Crippen LogP contribution in [0.2, 0.25) is 0 Å². The van der Waals surface area contributed by atoms with Gasteiger partial charge in [0.15, 0.2) is 0 Å². The summed E-state index contributed by atoms with van der Waals surface area (Å²) in [6.45, 7) is 3.70. The molecule has 0 saturated carbocycles. The number of aryl methyl sites for hydroxylation is 1. The molecule has 3 heteroatoms. The number of hydrogen-bond acceptors (Lipinski definition) is 2. The van der Waals surface area contributed by atoms with Crippen molar-refractivity contribution in [2.24, 2.45) is 4.99 Å². The van der Waals surface area contributed by atoms with Gasteiger partial charge in [0.25, 0.3) is 0 Å². The van der Waals surface area contributed by atoms with Crippen LogP contribution in [0.25, 0.3) is 0 Å². The maximum atomic E-state index is 13.9. The zero-order valence-corrected chi connectivity index (χ0v) is 9.95. The maximum absolute atomic E-state index is 13.9. The number of alkyl halides is 1. The second kappa shape index (κ2) is 4.22. The van der Waals surface area contributed by atoms with E-state index in [9.17, 15) is 4.39 Å². The van der Waals surface area contributed by atoms with Gasteiger partial charge in [-0.25, -0.2) is 4.39 Å². The number of aliphatic imine (C=N–C) groups is 1. The van der Waals surface area contributed by atoms with E-state index in [1.165, 1.54) is 16.7 Å². The third kappa shape index (κ3) is 1.89. The summed E-state index contributed by atoms with van der Waals surface area (Å²) in [7, 11) is 0. The quantitative estimate of drug-likeness (QED) is 0.731. The van der Waals surface area contributed by atoms with E-state index >= 15 is 0 Å². The number of rotatable bonds is 1. The summed E-state index contributed by atoms with van der Waals surface area (Å²) in [6, 6.07) is 4.27. The second-order valence-electron chi connectivity index (χ2n) is 4.86. The van der Waals surface area contributed by atoms with Crippen molar-refractivity contribution in [3.05, 3.63) is 34.4 Å². The molecule has 2 unspecified atom stereocenters. The molecule has 0 bridgehead atoms. The minimum atomic E-state index is -0.872. The molecule has 2 atom stereocenters. The first-order valence-electron chi connectivity index (χ1n) is 6.11. The smallest absolute Gasteiger partial charge is 0.130 e. The lowest BCUT2D eigenvalue weighted by atomic mass is 9.85. The highest BCUT2D eigenvalue weighted by atomic mass is 19.1. The predicted octanol–water partition coefficient (Wildman–Crippen LogP) is 2.77. The van der Waals surface area contributed by atoms with E-state index < -0.39 is 6.17 Å². The standard InChI is InChI=1S/C14H16FNO/c1-9-4-10-6-16-7-11(10)5-13(9)12-2-3-17-8-14(12)15/h4-6,12,14H,2-3,7-8H2,1H3. The molecule has 0 aliphatic carbocycles. The van der Waals surface area contributed by atoms with Crippen molar-refractivity contribution in [3.8, 4) is 0 Å². The Balaban J connectivity index is 1.97. The van der Waals surface area contributed by atoms with Gasteiger partial charge in [0.2, 0.25) is 0 Å². The number of ether oxygens (including phenoxy) is 1. The van der Waals surface area contributed by atoms with Crippen molar-refractivity contribution in [2.45, 2.75) is 32.0 Å². The maximum Gasteiger partial charge on any atom is 0.130 e. The van der Waals surface area contributed by atoms with Crippen LogP contribution >= 0.6 is 0 Å². The molecule has 2 aliphatic heterocycles. The van der Waals surface area contributed by atoms with Crippen LogP contribution in [-0.4, -0.2) is 25.6 Å². The molecule has 90 valence electrons. The van der Waals surface area contributed by atoms with Crippen LogP contribution in [0.5, 0.6) is 0 Å². The largest absolute Gasteiger partial charge is 0.378 e. The monoisotopic (exact) mass is 233 g/mol. The van der Waals surface area contributed by atoms with Gasteiger partial charge in [0, 0.05) is 18.7 Å². The van der Waals surface area contributed by atoms with Crippen molar-refractivity contribution in [3.63, 3.8) is 0 Å². The number of nitrogens with zero attached hydrogens (tertiary/aromatic N) is 1. The van der Waals surface area contributed by atoms with Gasteiger partial charge in [-0.3, -0.25) is 4.99 Å². The van der Waals surface area contributed by atoms with Crippen molar-refractivity contribution in [1.29, 1.82) is 0 Å². The Hall–Kier alpha value is -1.22. The Labute approximate surface area is 101 Å². The van der Waals surface area contributed by atoms with Gasteiger partial charge >= 0.3 is 0 Å². The molecule has 2 heterocycles. The molecule has 0 N–H and O–H groups in total. The van der Waals surface area contributed by atoms with Gasteiger partial charge in [0.1, 0.15) is 6.17 Å². The average Bonchev–Trinajstić information content (AvgIpc) is 2.76. The highest BCUT2D eigenvalue weighted by Crippen LogP contribution is 2.33. The highest BCUT2D eigenvalue weighted by Gasteiger charge is 2.28. The summed E-state index contributed by atoms with van der Waals surface area (Å²) in [5.74, 6) is -0.00495. The fourth-order valence-electron chi connectivity index (χ4n) is 2.75. The lowest BCUT2D eigenvalue weighted by Gasteiger charge is -2.28. The lowest BCUT2D eigenvalue weighted by Crippen LogP contribution is -2.27. The SMILES string of the molecule is Cc1cc2c(cc1C1CCOCC1F)CN=C2. The minimum Gasteiger partial charge on any atom is -0.378 e. The summed E-state index contributed by atoms with van der Waals surface area (Å²) >= 11 is 0. The fourth-order valence-corrected chi connectivity index (χ4v) is 2.75. The number of hydrogen-bond donors (Lipinski definition) is 0. The first kappa shape index (κ1) is 10.9. The van der Waals surface area contributed by atoms with Crippen LogP contribution in [0, 0.1) is 6.92 Å². The molecule has 1 aromatic carbocycles. The third-order valence-electron chi connectivity index (χ3n) is 3.71. The molecule has 2 nitrogen and oxygen atoms in total. The van der Waals surface area contributed by atoms with E-state index in [-0.39, 0.29) is 12.5 Å². The molecular weight excluding hydrogens is 217 g/mol. The molecule has 3 rings (SSSR count). The summed E-state index contributed by atoms with van der Waals surface area (Å²) in [5, 5.41) is 0. The Kier molecular flexibility index (Phi) is 2.71. The molecule has 2 aliphatic rings. The molecule has 17 heavy (non-hydrogen) atoms. The minimum absolute atomic E-state index is 0.00495. The molecule has 1 fully saturated rings. The van der Waals surface area contributed by atoms with Crippen molar-refractivity contribution in [2.75, 3.05) is 13.2 Å². The zero-order chi connectivity index (χ0) is 11.8. The first-order valence-corrected chi connectivity index (χ1v) is 6.11. The molecule has 1 saturated heterocycles. The lowest BCUT2D eigenvalue weighted by molar-refractivity contribution is 0.0217. The van der Waals surface area contributed by atoms with Crippen molar-refractivity contribution >= 4 is 6.21 Å². The molecule has 0 spiro atoms. The van der Waals surface area contributed by atoms with Crippen LogP contribution in [-0.2, 0) is 11.3 Å². The normalized spacial score (nSPS) is 27.2. The van der Waals surface area contributed by atoms with Crippen LogP contribution in [0.15, 0.2) is 17.1 Å². The van der Waals surface area contributed by atoms with Gasteiger partial charge in [-0.2, -0.15) is 0 Å². The Morgan fingerprint density at radius 2 is 2.29 bits per heavy atom. The molecule has 0 radical (unpaired) electrons. The first-order chi connectivity index (χ1) is 8.25. The molecular formula is C14H16FNO. The van der Waals surface area contributed by atoms with Crippen LogP contribution in [0.1, 0.15) is 34.6 Å². The number of fused-ring (bicyclic) bond motifs is 1. The Bertz CT molecular complexity index is 470. The van der Waals surface area contributed by atoms with Gasteiger partial charge in [-0.1, -0.05) is 6.07 Å². The highest BCUT2D eigenvalue weighted by molar-refractivity contribution is 5.85. The van der Waals surface area contributed by atoms with Gasteiger partial charge in [-0.15, -0.1) is 0 Å². The Morgan fingerprint density at radius 3 is 3.12 bits per heavy atom. The van der Waals surface area contributed by atoms with E-state index in [0.717, 1.165) is 18.5 Å². The van der Waals surface area contributed by atoms with E-state index in [4.69, 9.17) is 4.74 Å². The van der Waals surface area contributed by atoms with E-state index in [1.807, 2.05) is 6.21 Å². The third-order valence-corrected chi connectivity index (χ3v) is 3.71. The molecule has 0 amide bonds. The van der Waals surface area contributed by atoms with E-state index in [1.54, 1.807) is 0 Å². The summed E-state index contributed by atoms with van der Waals surface area (Å²) in [4.78, 5) is 4.25. The number of halogens is 1. The average molecular weight is 233 g/mol. The summed E-state index contributed by atoms with van der Waals surface area (Å²) < 4.78 is 19.1. The predicted molar refractivity (Wildman–Crippen MR) is 65.6 cm³/mol. The van der Waals surface area contributed by atoms with E-state index in [0.29, 0.717) is 6.61 Å². The number of benzene rings is 1. The van der Waals surface area contributed by atoms with Crippen LogP contribution in [0.3, 0.4) is 0 Å². The van der Waals surface area contributed by atoms with Crippen LogP contribution in [0.4, 0.5) is 4.39 Å². The molecule has 1 aromatic rings. The molecule has 0 aromatic heterocycles. The van der Waals surface area contributed by atoms with Crippen LogP contribution < -0.4 is 0 Å². The fraction of sp³-hybridized carbons (Fsp3) is 0.500. The topological polar surface area (TPSA) is 21.6 Å².